The summed E-state index contributed by atoms with van der Waals surface area (Å²) < 4.78 is 7.16. The Kier molecular flexibility index (Phi) is 4.87. The molecule has 2 aromatic rings. The number of nitrogens with two attached hydrogens (primary N) is 1. The second-order valence-corrected chi connectivity index (χ2v) is 4.73. The molecular formula is C15H21N3O2. The zero-order chi connectivity index (χ0) is 14.4. The van der Waals surface area contributed by atoms with E-state index in [0.717, 1.165) is 30.7 Å². The minimum absolute atomic E-state index is 0.131. The highest BCUT2D eigenvalue weighted by molar-refractivity contribution is 5.40. The molecule has 0 aliphatic heterocycles. The molecule has 0 aliphatic rings. The lowest BCUT2D eigenvalue weighted by atomic mass is 10.2. The largest absolute Gasteiger partial charge is 0.494 e. The highest BCUT2D eigenvalue weighted by atomic mass is 16.5. The van der Waals surface area contributed by atoms with Crippen molar-refractivity contribution in [2.75, 3.05) is 12.3 Å². The van der Waals surface area contributed by atoms with Crippen LogP contribution >= 0.6 is 0 Å². The van der Waals surface area contributed by atoms with Crippen LogP contribution in [-0.2, 0) is 13.0 Å². The Labute approximate surface area is 118 Å². The van der Waals surface area contributed by atoms with E-state index < -0.39 is 0 Å². The van der Waals surface area contributed by atoms with Gasteiger partial charge in [0.2, 0.25) is 0 Å². The van der Waals surface area contributed by atoms with E-state index in [1.54, 1.807) is 4.68 Å². The number of ether oxygens (including phenoxy) is 1. The van der Waals surface area contributed by atoms with Gasteiger partial charge in [0, 0.05) is 13.0 Å². The summed E-state index contributed by atoms with van der Waals surface area (Å²) in [6, 6.07) is 9.64. The Hall–Kier alpha value is -2.17. The number of aromatic nitrogens is 2. The van der Waals surface area contributed by atoms with Crippen LogP contribution in [0.25, 0.3) is 0 Å². The summed E-state index contributed by atoms with van der Waals surface area (Å²) in [5.74, 6) is 0.845. The van der Waals surface area contributed by atoms with Gasteiger partial charge in [0.05, 0.1) is 12.3 Å². The number of nitrogens with zero attached hydrogens (tertiary/aromatic N) is 1. The third-order valence-electron chi connectivity index (χ3n) is 3.11. The van der Waals surface area contributed by atoms with E-state index in [1.807, 2.05) is 30.3 Å². The Morgan fingerprint density at radius 2 is 2.05 bits per heavy atom. The van der Waals surface area contributed by atoms with Gasteiger partial charge < -0.3 is 10.5 Å². The number of aryl methyl sites for hydroxylation is 2. The normalized spacial score (nSPS) is 10.7. The smallest absolute Gasteiger partial charge is 0.289 e. The van der Waals surface area contributed by atoms with Gasteiger partial charge >= 0.3 is 0 Å². The molecule has 0 unspecified atom stereocenters. The van der Waals surface area contributed by atoms with Gasteiger partial charge in [-0.05, 0) is 18.6 Å². The topological polar surface area (TPSA) is 73.0 Å². The second kappa shape index (κ2) is 6.84. The number of rotatable bonds is 7. The van der Waals surface area contributed by atoms with Gasteiger partial charge in [-0.15, -0.1) is 0 Å². The molecule has 0 amide bonds. The molecule has 3 N–H and O–H groups in total. The SMILES string of the molecule is CCCc1[nH]n(CCCOc2ccccc2)c(=O)c1N. The minimum atomic E-state index is -0.131. The molecule has 0 spiro atoms. The number of para-hydroxylation sites is 1. The predicted octanol–water partition coefficient (Wildman–Crippen LogP) is 2.18. The molecule has 0 atom stereocenters. The van der Waals surface area contributed by atoms with Gasteiger partial charge in [0.15, 0.2) is 0 Å². The van der Waals surface area contributed by atoms with E-state index >= 15 is 0 Å². The fourth-order valence-corrected chi connectivity index (χ4v) is 2.08. The van der Waals surface area contributed by atoms with E-state index in [-0.39, 0.29) is 5.56 Å². The number of anilines is 1. The molecule has 0 fully saturated rings. The summed E-state index contributed by atoms with van der Waals surface area (Å²) in [5.41, 5.74) is 6.84. The van der Waals surface area contributed by atoms with Crippen molar-refractivity contribution in [1.82, 2.24) is 9.78 Å². The predicted molar refractivity (Wildman–Crippen MR) is 80.0 cm³/mol. The van der Waals surface area contributed by atoms with Gasteiger partial charge in [0.25, 0.3) is 5.56 Å². The van der Waals surface area contributed by atoms with Gasteiger partial charge in [-0.2, -0.15) is 0 Å². The summed E-state index contributed by atoms with van der Waals surface area (Å²) in [6.45, 7) is 3.21. The van der Waals surface area contributed by atoms with Crippen molar-refractivity contribution >= 4 is 5.69 Å². The van der Waals surface area contributed by atoms with Crippen molar-refractivity contribution < 1.29 is 4.74 Å². The van der Waals surface area contributed by atoms with Crippen LogP contribution in [0, 0.1) is 0 Å². The maximum absolute atomic E-state index is 11.9. The molecule has 5 heteroatoms. The first-order chi connectivity index (χ1) is 9.72. The number of benzene rings is 1. The van der Waals surface area contributed by atoms with E-state index in [1.165, 1.54) is 0 Å². The fraction of sp³-hybridized carbons (Fsp3) is 0.400. The quantitative estimate of drug-likeness (QED) is 0.761. The van der Waals surface area contributed by atoms with Crippen LogP contribution in [0.15, 0.2) is 35.1 Å². The monoisotopic (exact) mass is 275 g/mol. The summed E-state index contributed by atoms with van der Waals surface area (Å²) >= 11 is 0. The van der Waals surface area contributed by atoms with E-state index in [0.29, 0.717) is 18.8 Å². The Balaban J connectivity index is 1.85. The Bertz CT molecular complexity index is 587. The number of hydrogen-bond acceptors (Lipinski definition) is 3. The first kappa shape index (κ1) is 14.2. The van der Waals surface area contributed by atoms with E-state index in [9.17, 15) is 4.79 Å². The van der Waals surface area contributed by atoms with Crippen LogP contribution in [0.4, 0.5) is 5.69 Å². The van der Waals surface area contributed by atoms with Crippen LogP contribution in [-0.4, -0.2) is 16.4 Å². The first-order valence-electron chi connectivity index (χ1n) is 6.97. The lowest BCUT2D eigenvalue weighted by Gasteiger charge is -2.06. The van der Waals surface area contributed by atoms with Crippen molar-refractivity contribution in [2.45, 2.75) is 32.7 Å². The summed E-state index contributed by atoms with van der Waals surface area (Å²) in [5, 5.41) is 3.07. The van der Waals surface area contributed by atoms with Crippen molar-refractivity contribution in [3.63, 3.8) is 0 Å². The first-order valence-corrected chi connectivity index (χ1v) is 6.97. The lowest BCUT2D eigenvalue weighted by Crippen LogP contribution is -2.19. The summed E-state index contributed by atoms with van der Waals surface area (Å²) in [6.07, 6.45) is 2.51. The Morgan fingerprint density at radius 1 is 1.30 bits per heavy atom. The lowest BCUT2D eigenvalue weighted by molar-refractivity contribution is 0.297. The molecule has 0 saturated heterocycles. The molecule has 0 aliphatic carbocycles. The molecular weight excluding hydrogens is 254 g/mol. The van der Waals surface area contributed by atoms with E-state index in [2.05, 4.69) is 12.0 Å². The van der Waals surface area contributed by atoms with Gasteiger partial charge in [-0.25, -0.2) is 0 Å². The molecule has 2 rings (SSSR count). The molecule has 1 aromatic carbocycles. The summed E-state index contributed by atoms with van der Waals surface area (Å²) in [4.78, 5) is 11.9. The van der Waals surface area contributed by atoms with E-state index in [4.69, 9.17) is 10.5 Å². The van der Waals surface area contributed by atoms with Crippen LogP contribution < -0.4 is 16.0 Å². The molecule has 108 valence electrons. The molecule has 0 radical (unpaired) electrons. The number of aromatic amines is 1. The maximum Gasteiger partial charge on any atom is 0.289 e. The minimum Gasteiger partial charge on any atom is -0.494 e. The average molecular weight is 275 g/mol. The molecule has 0 bridgehead atoms. The average Bonchev–Trinajstić information content (AvgIpc) is 2.73. The zero-order valence-corrected chi connectivity index (χ0v) is 11.8. The third-order valence-corrected chi connectivity index (χ3v) is 3.11. The fourth-order valence-electron chi connectivity index (χ4n) is 2.08. The van der Waals surface area contributed by atoms with Crippen molar-refractivity contribution in [3.8, 4) is 5.75 Å². The Morgan fingerprint density at radius 3 is 2.75 bits per heavy atom. The highest BCUT2D eigenvalue weighted by Gasteiger charge is 2.09. The summed E-state index contributed by atoms with van der Waals surface area (Å²) in [7, 11) is 0. The maximum atomic E-state index is 11.9. The van der Waals surface area contributed by atoms with Crippen LogP contribution in [0.1, 0.15) is 25.5 Å². The van der Waals surface area contributed by atoms with Gasteiger partial charge in [-0.3, -0.25) is 14.6 Å². The van der Waals surface area contributed by atoms with Gasteiger partial charge in [0.1, 0.15) is 11.4 Å². The number of H-pyrrole nitrogens is 1. The van der Waals surface area contributed by atoms with Crippen LogP contribution in [0.2, 0.25) is 0 Å². The van der Waals surface area contributed by atoms with Crippen molar-refractivity contribution in [1.29, 1.82) is 0 Å². The molecule has 20 heavy (non-hydrogen) atoms. The molecule has 1 heterocycles. The van der Waals surface area contributed by atoms with Crippen LogP contribution in [0.5, 0.6) is 5.75 Å². The van der Waals surface area contributed by atoms with Crippen molar-refractivity contribution in [2.24, 2.45) is 0 Å². The second-order valence-electron chi connectivity index (χ2n) is 4.73. The number of hydrogen-bond donors (Lipinski definition) is 2. The highest BCUT2D eigenvalue weighted by Crippen LogP contribution is 2.09. The molecule has 0 saturated carbocycles. The zero-order valence-electron chi connectivity index (χ0n) is 11.8. The van der Waals surface area contributed by atoms with Gasteiger partial charge in [-0.1, -0.05) is 31.5 Å². The van der Waals surface area contributed by atoms with Crippen LogP contribution in [0.3, 0.4) is 0 Å². The van der Waals surface area contributed by atoms with Crippen molar-refractivity contribution in [3.05, 3.63) is 46.4 Å². The standard InChI is InChI=1S/C15H21N3O2/c1-2-7-13-14(16)15(19)18(17-13)10-6-11-20-12-8-4-3-5-9-12/h3-5,8-9,17H,2,6-7,10-11,16H2,1H3. The number of nitrogens with one attached hydrogen (secondary N) is 1. The molecule has 5 nitrogen and oxygen atoms in total. The molecule has 1 aromatic heterocycles. The number of nitrogen functional groups attached to an aromatic ring is 1. The third kappa shape index (κ3) is 3.44.